The van der Waals surface area contributed by atoms with Crippen molar-refractivity contribution in [2.75, 3.05) is 18.5 Å². The number of pyridine rings is 1. The number of carbonyl (C=O) groups is 1. The largest absolute Gasteiger partial charge is 0.484 e. The number of anilines is 1. The number of nitrogens with zero attached hydrogens (tertiary/aromatic N) is 1. The summed E-state index contributed by atoms with van der Waals surface area (Å²) in [5.74, 6) is -1.99. The van der Waals surface area contributed by atoms with Crippen molar-refractivity contribution < 1.29 is 40.6 Å². The van der Waals surface area contributed by atoms with E-state index in [9.17, 15) is 31.1 Å². The molecule has 0 spiro atoms. The number of amides is 1. The second-order valence-electron chi connectivity index (χ2n) is 8.38. The number of allylic oxidation sites excluding steroid dienone is 1. The quantitative estimate of drug-likeness (QED) is 0.253. The molecule has 0 fully saturated rings. The number of nitrogens with one attached hydrogen (secondary N) is 1. The molecule has 12 heteroatoms. The molecule has 0 aliphatic rings. The molecular formula is C24H25BrF6N2O3. The molecule has 0 aliphatic carbocycles. The average molecular weight is 583 g/mol. The van der Waals surface area contributed by atoms with Gasteiger partial charge in [-0.3, -0.25) is 4.79 Å². The molecule has 1 aromatic carbocycles. The van der Waals surface area contributed by atoms with Crippen LogP contribution in [-0.2, 0) is 11.2 Å². The van der Waals surface area contributed by atoms with E-state index in [0.717, 1.165) is 21.7 Å². The highest BCUT2D eigenvalue weighted by atomic mass is 79.9. The van der Waals surface area contributed by atoms with E-state index in [1.165, 1.54) is 6.92 Å². The Morgan fingerprint density at radius 1 is 1.06 bits per heavy atom. The Kier molecular flexibility index (Phi) is 9.81. The molecular weight excluding hydrogens is 558 g/mol. The van der Waals surface area contributed by atoms with Crippen LogP contribution in [0.4, 0.5) is 32.2 Å². The van der Waals surface area contributed by atoms with Crippen LogP contribution in [0.5, 0.6) is 11.6 Å². The van der Waals surface area contributed by atoms with Crippen LogP contribution in [0.3, 0.4) is 0 Å². The summed E-state index contributed by atoms with van der Waals surface area (Å²) in [7, 11) is 0. The standard InChI is InChI=1S/C24H25BrF6N2O3/c1-13(2)7-17(9-16-5-6-18(25)8-14(16)3)22(34)33-21-15(4)19(35-11-23(26,27)28)10-20(32-21)36-12-24(29,30)31/h5-8,10,13H,9,11-12H2,1-4H3,(H,32,33,34)/b17-7-. The predicted octanol–water partition coefficient (Wildman–Crippen LogP) is 7.11. The van der Waals surface area contributed by atoms with Gasteiger partial charge in [0.15, 0.2) is 13.2 Å². The molecule has 0 atom stereocenters. The van der Waals surface area contributed by atoms with Crippen molar-refractivity contribution in [1.29, 1.82) is 0 Å². The average Bonchev–Trinajstić information content (AvgIpc) is 2.73. The SMILES string of the molecule is Cc1cc(Br)ccc1C/C(=C/C(C)C)C(=O)Nc1nc(OCC(F)(F)F)cc(OCC(F)(F)F)c1C. The smallest absolute Gasteiger partial charge is 0.422 e. The summed E-state index contributed by atoms with van der Waals surface area (Å²) < 4.78 is 86.1. The first-order chi connectivity index (χ1) is 16.5. The third-order valence-electron chi connectivity index (χ3n) is 4.72. The van der Waals surface area contributed by atoms with E-state index in [-0.39, 0.29) is 23.7 Å². The highest BCUT2D eigenvalue weighted by Crippen LogP contribution is 2.31. The van der Waals surface area contributed by atoms with Crippen LogP contribution < -0.4 is 14.8 Å². The lowest BCUT2D eigenvalue weighted by molar-refractivity contribution is -0.154. The topological polar surface area (TPSA) is 60.5 Å². The van der Waals surface area contributed by atoms with Crippen molar-refractivity contribution >= 4 is 27.7 Å². The molecule has 2 rings (SSSR count). The molecule has 1 N–H and O–H groups in total. The van der Waals surface area contributed by atoms with E-state index in [2.05, 4.69) is 31.0 Å². The number of alkyl halides is 6. The van der Waals surface area contributed by atoms with Crippen LogP contribution >= 0.6 is 15.9 Å². The monoisotopic (exact) mass is 582 g/mol. The fraction of sp³-hybridized carbons (Fsp3) is 0.417. The number of carbonyl (C=O) groups excluding carboxylic acids is 1. The molecule has 36 heavy (non-hydrogen) atoms. The van der Waals surface area contributed by atoms with Crippen molar-refractivity contribution in [3.63, 3.8) is 0 Å². The van der Waals surface area contributed by atoms with Crippen molar-refractivity contribution in [1.82, 2.24) is 4.98 Å². The molecule has 0 aliphatic heterocycles. The molecule has 2 aromatic rings. The van der Waals surface area contributed by atoms with Gasteiger partial charge in [0.2, 0.25) is 5.88 Å². The minimum absolute atomic E-state index is 0.00400. The Balaban J connectivity index is 2.40. The normalized spacial score (nSPS) is 12.6. The Morgan fingerprint density at radius 3 is 2.22 bits per heavy atom. The molecule has 0 saturated heterocycles. The molecule has 198 valence electrons. The molecule has 0 radical (unpaired) electrons. The number of hydrogen-bond acceptors (Lipinski definition) is 4. The van der Waals surface area contributed by atoms with Gasteiger partial charge in [-0.2, -0.15) is 31.3 Å². The van der Waals surface area contributed by atoms with E-state index in [4.69, 9.17) is 4.74 Å². The third kappa shape index (κ3) is 9.71. The first-order valence-corrected chi connectivity index (χ1v) is 11.5. The molecule has 1 aromatic heterocycles. The molecule has 0 saturated carbocycles. The van der Waals surface area contributed by atoms with Crippen LogP contribution in [-0.4, -0.2) is 36.5 Å². The zero-order valence-electron chi connectivity index (χ0n) is 19.9. The zero-order chi connectivity index (χ0) is 27.3. The van der Waals surface area contributed by atoms with E-state index in [0.29, 0.717) is 5.57 Å². The molecule has 0 unspecified atom stereocenters. The van der Waals surface area contributed by atoms with E-state index < -0.39 is 43.1 Å². The van der Waals surface area contributed by atoms with Gasteiger partial charge >= 0.3 is 12.4 Å². The highest BCUT2D eigenvalue weighted by Gasteiger charge is 2.31. The predicted molar refractivity (Wildman–Crippen MR) is 126 cm³/mol. The van der Waals surface area contributed by atoms with E-state index >= 15 is 0 Å². The first-order valence-electron chi connectivity index (χ1n) is 10.7. The van der Waals surface area contributed by atoms with Crippen LogP contribution in [0.2, 0.25) is 0 Å². The number of aryl methyl sites for hydroxylation is 1. The van der Waals surface area contributed by atoms with Gasteiger partial charge in [-0.05, 0) is 43.0 Å². The highest BCUT2D eigenvalue weighted by molar-refractivity contribution is 9.10. The van der Waals surface area contributed by atoms with Gasteiger partial charge in [0.05, 0.1) is 0 Å². The molecule has 5 nitrogen and oxygen atoms in total. The Morgan fingerprint density at radius 2 is 1.67 bits per heavy atom. The summed E-state index contributed by atoms with van der Waals surface area (Å²) in [5, 5.41) is 2.49. The van der Waals surface area contributed by atoms with Gasteiger partial charge in [-0.25, -0.2) is 0 Å². The van der Waals surface area contributed by atoms with Gasteiger partial charge in [-0.1, -0.05) is 41.9 Å². The van der Waals surface area contributed by atoms with Crippen molar-refractivity contribution in [2.24, 2.45) is 5.92 Å². The zero-order valence-corrected chi connectivity index (χ0v) is 21.5. The van der Waals surface area contributed by atoms with Crippen molar-refractivity contribution in [2.45, 2.75) is 46.5 Å². The third-order valence-corrected chi connectivity index (χ3v) is 5.21. The minimum Gasteiger partial charge on any atom is -0.484 e. The fourth-order valence-electron chi connectivity index (χ4n) is 3.09. The first kappa shape index (κ1) is 29.5. The van der Waals surface area contributed by atoms with Crippen molar-refractivity contribution in [3.05, 3.63) is 57.1 Å². The Bertz CT molecular complexity index is 1110. The Labute approximate surface area is 213 Å². The number of aromatic nitrogens is 1. The van der Waals surface area contributed by atoms with Gasteiger partial charge in [-0.15, -0.1) is 0 Å². The minimum atomic E-state index is -4.71. The second kappa shape index (κ2) is 12.0. The van der Waals surface area contributed by atoms with Crippen LogP contribution in [0, 0.1) is 19.8 Å². The maximum atomic E-state index is 13.2. The number of halogens is 7. The maximum Gasteiger partial charge on any atom is 0.422 e. The summed E-state index contributed by atoms with van der Waals surface area (Å²) in [6, 6.07) is 6.37. The molecule has 0 bridgehead atoms. The summed E-state index contributed by atoms with van der Waals surface area (Å²) in [5.41, 5.74) is 2.12. The van der Waals surface area contributed by atoms with E-state index in [1.54, 1.807) is 6.08 Å². The lowest BCUT2D eigenvalue weighted by Crippen LogP contribution is -2.22. The Hall–Kier alpha value is -2.76. The maximum absolute atomic E-state index is 13.2. The van der Waals surface area contributed by atoms with Crippen LogP contribution in [0.1, 0.15) is 30.5 Å². The van der Waals surface area contributed by atoms with E-state index in [1.807, 2.05) is 39.0 Å². The number of ether oxygens (including phenoxy) is 2. The van der Waals surface area contributed by atoms with Crippen LogP contribution in [0.15, 0.2) is 40.4 Å². The van der Waals surface area contributed by atoms with Gasteiger partial charge in [0.1, 0.15) is 11.6 Å². The summed E-state index contributed by atoms with van der Waals surface area (Å²) in [6.45, 7) is 3.51. The van der Waals surface area contributed by atoms with Gasteiger partial charge in [0, 0.05) is 28.1 Å². The molecule has 1 heterocycles. The fourth-order valence-corrected chi connectivity index (χ4v) is 3.57. The summed E-state index contributed by atoms with van der Waals surface area (Å²) in [6.07, 6.45) is -7.44. The lowest BCUT2D eigenvalue weighted by Gasteiger charge is -2.18. The van der Waals surface area contributed by atoms with Crippen LogP contribution in [0.25, 0.3) is 0 Å². The lowest BCUT2D eigenvalue weighted by atomic mass is 9.97. The summed E-state index contributed by atoms with van der Waals surface area (Å²) >= 11 is 3.38. The van der Waals surface area contributed by atoms with Gasteiger partial charge < -0.3 is 14.8 Å². The van der Waals surface area contributed by atoms with Crippen molar-refractivity contribution in [3.8, 4) is 11.6 Å². The number of benzene rings is 1. The van der Waals surface area contributed by atoms with Gasteiger partial charge in [0.25, 0.3) is 5.91 Å². The number of hydrogen-bond donors (Lipinski definition) is 1. The number of rotatable bonds is 9. The second-order valence-corrected chi connectivity index (χ2v) is 9.29. The molecule has 1 amide bonds. The summed E-state index contributed by atoms with van der Waals surface area (Å²) in [4.78, 5) is 17.0.